The van der Waals surface area contributed by atoms with E-state index in [0.29, 0.717) is 6.54 Å². The van der Waals surface area contributed by atoms with Crippen LogP contribution in [0.1, 0.15) is 18.7 Å². The van der Waals surface area contributed by atoms with Crippen molar-refractivity contribution in [2.24, 2.45) is 7.05 Å². The van der Waals surface area contributed by atoms with E-state index >= 15 is 0 Å². The number of rotatable bonds is 4. The number of hydrogen-bond acceptors (Lipinski definition) is 3. The molecule has 88 valence electrons. The van der Waals surface area contributed by atoms with Gasteiger partial charge in [-0.1, -0.05) is 0 Å². The summed E-state index contributed by atoms with van der Waals surface area (Å²) in [7, 11) is 1.96. The summed E-state index contributed by atoms with van der Waals surface area (Å²) in [6.07, 6.45) is 6.51. The third-order valence-corrected chi connectivity index (χ3v) is 2.95. The molecule has 16 heavy (non-hydrogen) atoms. The number of aromatic nitrogens is 2. The van der Waals surface area contributed by atoms with Crippen molar-refractivity contribution < 1.29 is 4.79 Å². The Kier molecular flexibility index (Phi) is 3.56. The van der Waals surface area contributed by atoms with Crippen LogP contribution >= 0.6 is 0 Å². The molecule has 2 N–H and O–H groups in total. The highest BCUT2D eigenvalue weighted by molar-refractivity contribution is 5.81. The van der Waals surface area contributed by atoms with Crippen molar-refractivity contribution in [3.63, 3.8) is 0 Å². The molecule has 2 rings (SSSR count). The van der Waals surface area contributed by atoms with Crippen LogP contribution in [0, 0.1) is 0 Å². The summed E-state index contributed by atoms with van der Waals surface area (Å²) in [5.74, 6) is 1.12. The number of hydrogen-bond donors (Lipinski definition) is 2. The fraction of sp³-hybridized carbons (Fsp3) is 0.636. The maximum atomic E-state index is 11.7. The molecule has 1 atom stereocenters. The van der Waals surface area contributed by atoms with Crippen molar-refractivity contribution in [1.29, 1.82) is 0 Å². The molecular formula is C11H18N4O. The molecule has 1 saturated heterocycles. The van der Waals surface area contributed by atoms with E-state index in [4.69, 9.17) is 0 Å². The number of amides is 1. The van der Waals surface area contributed by atoms with E-state index in [-0.39, 0.29) is 11.9 Å². The Morgan fingerprint density at radius 3 is 3.25 bits per heavy atom. The summed E-state index contributed by atoms with van der Waals surface area (Å²) < 4.78 is 1.97. The van der Waals surface area contributed by atoms with Gasteiger partial charge in [-0.3, -0.25) is 4.79 Å². The minimum absolute atomic E-state index is 0.0152. The molecule has 1 aromatic heterocycles. The molecule has 0 bridgehead atoms. The van der Waals surface area contributed by atoms with E-state index in [1.165, 1.54) is 0 Å². The van der Waals surface area contributed by atoms with Gasteiger partial charge in [-0.2, -0.15) is 0 Å². The molecule has 2 heterocycles. The average Bonchev–Trinajstić information content (AvgIpc) is 2.90. The van der Waals surface area contributed by atoms with Crippen LogP contribution in [0.15, 0.2) is 12.4 Å². The quantitative estimate of drug-likeness (QED) is 0.743. The summed E-state index contributed by atoms with van der Waals surface area (Å²) in [6, 6.07) is 0.0152. The van der Waals surface area contributed by atoms with Crippen LogP contribution in [0.25, 0.3) is 0 Å². The number of imidazole rings is 1. The SMILES string of the molecule is Cn1ccnc1CCNC(=O)[C@@H]1CCCN1. The second kappa shape index (κ2) is 5.12. The van der Waals surface area contributed by atoms with Gasteiger partial charge < -0.3 is 15.2 Å². The first kappa shape index (κ1) is 11.1. The lowest BCUT2D eigenvalue weighted by Crippen LogP contribution is -2.41. The molecule has 0 saturated carbocycles. The largest absolute Gasteiger partial charge is 0.354 e. The molecule has 5 heteroatoms. The van der Waals surface area contributed by atoms with E-state index in [1.807, 2.05) is 17.8 Å². The topological polar surface area (TPSA) is 59.0 Å². The van der Waals surface area contributed by atoms with Gasteiger partial charge >= 0.3 is 0 Å². The highest BCUT2D eigenvalue weighted by Gasteiger charge is 2.21. The highest BCUT2D eigenvalue weighted by atomic mass is 16.2. The summed E-state index contributed by atoms with van der Waals surface area (Å²) in [5.41, 5.74) is 0. The van der Waals surface area contributed by atoms with Gasteiger partial charge in [-0.15, -0.1) is 0 Å². The Labute approximate surface area is 95.2 Å². The normalized spacial score (nSPS) is 19.9. The van der Waals surface area contributed by atoms with Crippen molar-refractivity contribution in [3.05, 3.63) is 18.2 Å². The molecule has 1 aliphatic heterocycles. The van der Waals surface area contributed by atoms with Gasteiger partial charge in [0.25, 0.3) is 0 Å². The molecule has 0 aromatic carbocycles. The molecule has 1 aromatic rings. The molecule has 0 aliphatic carbocycles. The third kappa shape index (κ3) is 2.61. The number of carbonyl (C=O) groups excluding carboxylic acids is 1. The zero-order chi connectivity index (χ0) is 11.4. The highest BCUT2D eigenvalue weighted by Crippen LogP contribution is 2.04. The van der Waals surface area contributed by atoms with E-state index < -0.39 is 0 Å². The second-order valence-corrected chi connectivity index (χ2v) is 4.14. The minimum Gasteiger partial charge on any atom is -0.354 e. The monoisotopic (exact) mass is 222 g/mol. The Balaban J connectivity index is 1.71. The Morgan fingerprint density at radius 2 is 2.62 bits per heavy atom. The zero-order valence-corrected chi connectivity index (χ0v) is 9.57. The van der Waals surface area contributed by atoms with Crippen LogP contribution in [-0.2, 0) is 18.3 Å². The van der Waals surface area contributed by atoms with Crippen LogP contribution in [0.4, 0.5) is 0 Å². The van der Waals surface area contributed by atoms with Crippen LogP contribution < -0.4 is 10.6 Å². The Bertz CT molecular complexity index is 355. The first-order valence-corrected chi connectivity index (χ1v) is 5.74. The van der Waals surface area contributed by atoms with E-state index in [2.05, 4.69) is 15.6 Å². The first-order chi connectivity index (χ1) is 7.77. The van der Waals surface area contributed by atoms with Crippen molar-refractivity contribution in [3.8, 4) is 0 Å². The van der Waals surface area contributed by atoms with Crippen molar-refractivity contribution in [1.82, 2.24) is 20.2 Å². The van der Waals surface area contributed by atoms with Gasteiger partial charge in [0.1, 0.15) is 5.82 Å². The maximum Gasteiger partial charge on any atom is 0.237 e. The molecule has 0 unspecified atom stereocenters. The maximum absolute atomic E-state index is 11.7. The minimum atomic E-state index is 0.0152. The van der Waals surface area contributed by atoms with Crippen LogP contribution in [0.3, 0.4) is 0 Å². The first-order valence-electron chi connectivity index (χ1n) is 5.74. The summed E-state index contributed by atoms with van der Waals surface area (Å²) in [6.45, 7) is 1.61. The van der Waals surface area contributed by atoms with Crippen LogP contribution in [0.2, 0.25) is 0 Å². The van der Waals surface area contributed by atoms with Crippen LogP contribution in [-0.4, -0.2) is 34.6 Å². The summed E-state index contributed by atoms with van der Waals surface area (Å²) >= 11 is 0. The summed E-state index contributed by atoms with van der Waals surface area (Å²) in [5, 5.41) is 6.11. The fourth-order valence-corrected chi connectivity index (χ4v) is 1.97. The van der Waals surface area contributed by atoms with Crippen molar-refractivity contribution in [2.45, 2.75) is 25.3 Å². The van der Waals surface area contributed by atoms with Crippen molar-refractivity contribution >= 4 is 5.91 Å². The molecule has 0 radical (unpaired) electrons. The van der Waals surface area contributed by atoms with E-state index in [0.717, 1.165) is 31.6 Å². The van der Waals surface area contributed by atoms with E-state index in [9.17, 15) is 4.79 Å². The Hall–Kier alpha value is -1.36. The van der Waals surface area contributed by atoms with Gasteiger partial charge in [-0.25, -0.2) is 4.98 Å². The number of aryl methyl sites for hydroxylation is 1. The van der Waals surface area contributed by atoms with Crippen molar-refractivity contribution in [2.75, 3.05) is 13.1 Å². The number of nitrogens with one attached hydrogen (secondary N) is 2. The Morgan fingerprint density at radius 1 is 1.75 bits per heavy atom. The summed E-state index contributed by atoms with van der Waals surface area (Å²) in [4.78, 5) is 15.9. The lowest BCUT2D eigenvalue weighted by molar-refractivity contribution is -0.122. The van der Waals surface area contributed by atoms with Gasteiger partial charge in [0.2, 0.25) is 5.91 Å². The van der Waals surface area contributed by atoms with Gasteiger partial charge in [0.15, 0.2) is 0 Å². The zero-order valence-electron chi connectivity index (χ0n) is 9.57. The molecular weight excluding hydrogens is 204 g/mol. The van der Waals surface area contributed by atoms with E-state index in [1.54, 1.807) is 6.20 Å². The molecule has 1 aliphatic rings. The second-order valence-electron chi connectivity index (χ2n) is 4.14. The standard InChI is InChI=1S/C11H18N4O/c1-15-8-7-13-10(15)4-6-14-11(16)9-3-2-5-12-9/h7-9,12H,2-6H2,1H3,(H,14,16)/t9-/m0/s1. The van der Waals surface area contributed by atoms with Gasteiger partial charge in [0.05, 0.1) is 6.04 Å². The molecule has 0 spiro atoms. The number of carbonyl (C=O) groups is 1. The fourth-order valence-electron chi connectivity index (χ4n) is 1.97. The smallest absolute Gasteiger partial charge is 0.237 e. The van der Waals surface area contributed by atoms with Crippen LogP contribution in [0.5, 0.6) is 0 Å². The molecule has 5 nitrogen and oxygen atoms in total. The number of nitrogens with zero attached hydrogens (tertiary/aromatic N) is 2. The lowest BCUT2D eigenvalue weighted by atomic mass is 10.2. The predicted octanol–water partition coefficient (Wildman–Crippen LogP) is -0.169. The van der Waals surface area contributed by atoms with Gasteiger partial charge in [-0.05, 0) is 19.4 Å². The third-order valence-electron chi connectivity index (χ3n) is 2.95. The predicted molar refractivity (Wildman–Crippen MR) is 60.9 cm³/mol. The molecule has 1 fully saturated rings. The molecule has 1 amide bonds. The van der Waals surface area contributed by atoms with Gasteiger partial charge in [0, 0.05) is 32.4 Å². The lowest BCUT2D eigenvalue weighted by Gasteiger charge is -2.10. The average molecular weight is 222 g/mol.